The first kappa shape index (κ1) is 17.3. The molecule has 0 aliphatic heterocycles. The van der Waals surface area contributed by atoms with E-state index in [2.05, 4.69) is 10.6 Å². The molecule has 2 rings (SSSR count). The summed E-state index contributed by atoms with van der Waals surface area (Å²) in [6.07, 6.45) is 0. The lowest BCUT2D eigenvalue weighted by Crippen LogP contribution is -2.33. The minimum absolute atomic E-state index is 0.438. The lowest BCUT2D eigenvalue weighted by molar-refractivity contribution is -0.115. The van der Waals surface area contributed by atoms with E-state index in [1.54, 1.807) is 24.3 Å². The molecule has 8 heteroatoms. The number of nitrogens with one attached hydrogen (secondary N) is 2. The van der Waals surface area contributed by atoms with Crippen LogP contribution in [0.2, 0.25) is 0 Å². The van der Waals surface area contributed by atoms with Crippen LogP contribution < -0.4 is 15.4 Å². The van der Waals surface area contributed by atoms with E-state index in [1.165, 1.54) is 7.11 Å². The number of amides is 2. The molecule has 2 N–H and O–H groups in total. The van der Waals surface area contributed by atoms with Crippen molar-refractivity contribution in [1.82, 2.24) is 5.32 Å². The second-order valence-electron chi connectivity index (χ2n) is 4.69. The average molecular weight is 338 g/mol. The summed E-state index contributed by atoms with van der Waals surface area (Å²) < 4.78 is 44.4. The highest BCUT2D eigenvalue weighted by molar-refractivity contribution is 5.99. The molecular formula is C16H13F3N2O3. The third-order valence-electron chi connectivity index (χ3n) is 3.04. The fourth-order valence-electron chi connectivity index (χ4n) is 1.86. The Morgan fingerprint density at radius 2 is 1.83 bits per heavy atom. The zero-order valence-electron chi connectivity index (χ0n) is 12.5. The first-order chi connectivity index (χ1) is 11.4. The van der Waals surface area contributed by atoms with Gasteiger partial charge in [-0.2, -0.15) is 0 Å². The molecule has 0 radical (unpaired) electrons. The van der Waals surface area contributed by atoms with Crippen molar-refractivity contribution in [2.45, 2.75) is 0 Å². The molecule has 2 aromatic rings. The van der Waals surface area contributed by atoms with E-state index < -0.39 is 41.4 Å². The van der Waals surface area contributed by atoms with Crippen molar-refractivity contribution in [2.24, 2.45) is 0 Å². The lowest BCUT2D eigenvalue weighted by atomic mass is 10.2. The van der Waals surface area contributed by atoms with Crippen LogP contribution in [0, 0.1) is 17.5 Å². The molecule has 0 aliphatic rings. The molecule has 0 aromatic heterocycles. The standard InChI is InChI=1S/C16H13F3N2O3/c1-24-10-4-2-3-9(7-10)21-13(22)8-20-16(23)11-5-6-12(17)15(19)14(11)18/h2-7H,8H2,1H3,(H,20,23)(H,21,22). The Morgan fingerprint density at radius 3 is 2.54 bits per heavy atom. The monoisotopic (exact) mass is 338 g/mol. The summed E-state index contributed by atoms with van der Waals surface area (Å²) in [6.45, 7) is -0.478. The van der Waals surface area contributed by atoms with E-state index in [4.69, 9.17) is 4.74 Å². The van der Waals surface area contributed by atoms with E-state index in [-0.39, 0.29) is 0 Å². The SMILES string of the molecule is COc1cccc(NC(=O)CNC(=O)c2ccc(F)c(F)c2F)c1. The molecule has 126 valence electrons. The van der Waals surface area contributed by atoms with Crippen LogP contribution in [0.4, 0.5) is 18.9 Å². The van der Waals surface area contributed by atoms with Crippen molar-refractivity contribution in [3.05, 3.63) is 59.4 Å². The van der Waals surface area contributed by atoms with Crippen molar-refractivity contribution in [3.8, 4) is 5.75 Å². The average Bonchev–Trinajstić information content (AvgIpc) is 2.58. The van der Waals surface area contributed by atoms with Gasteiger partial charge in [-0.15, -0.1) is 0 Å². The quantitative estimate of drug-likeness (QED) is 0.823. The second kappa shape index (κ2) is 7.49. The predicted octanol–water partition coefficient (Wildman–Crippen LogP) is 2.48. The molecule has 0 atom stereocenters. The predicted molar refractivity (Wildman–Crippen MR) is 80.3 cm³/mol. The van der Waals surface area contributed by atoms with Crippen molar-refractivity contribution in [1.29, 1.82) is 0 Å². The summed E-state index contributed by atoms with van der Waals surface area (Å²) in [7, 11) is 1.47. The van der Waals surface area contributed by atoms with E-state index in [0.29, 0.717) is 17.5 Å². The number of carbonyl (C=O) groups excluding carboxylic acids is 2. The van der Waals surface area contributed by atoms with Gasteiger partial charge >= 0.3 is 0 Å². The minimum Gasteiger partial charge on any atom is -0.497 e. The molecule has 0 saturated heterocycles. The second-order valence-corrected chi connectivity index (χ2v) is 4.69. The Hall–Kier alpha value is -3.03. The maximum atomic E-state index is 13.5. The van der Waals surface area contributed by atoms with Gasteiger partial charge in [-0.3, -0.25) is 9.59 Å². The normalized spacial score (nSPS) is 10.2. The van der Waals surface area contributed by atoms with Gasteiger partial charge in [-0.1, -0.05) is 6.07 Å². The van der Waals surface area contributed by atoms with Gasteiger partial charge in [0.25, 0.3) is 5.91 Å². The topological polar surface area (TPSA) is 67.4 Å². The summed E-state index contributed by atoms with van der Waals surface area (Å²) in [5, 5.41) is 4.62. The van der Waals surface area contributed by atoms with Crippen molar-refractivity contribution >= 4 is 17.5 Å². The number of rotatable bonds is 5. The largest absolute Gasteiger partial charge is 0.497 e. The molecule has 0 bridgehead atoms. The molecule has 0 aliphatic carbocycles. The van der Waals surface area contributed by atoms with E-state index in [9.17, 15) is 22.8 Å². The highest BCUT2D eigenvalue weighted by Crippen LogP contribution is 2.17. The maximum Gasteiger partial charge on any atom is 0.254 e. The van der Waals surface area contributed by atoms with E-state index >= 15 is 0 Å². The molecule has 0 spiro atoms. The number of hydrogen-bond acceptors (Lipinski definition) is 3. The number of ether oxygens (including phenoxy) is 1. The zero-order valence-corrected chi connectivity index (χ0v) is 12.5. The summed E-state index contributed by atoms with van der Waals surface area (Å²) in [6, 6.07) is 7.94. The summed E-state index contributed by atoms with van der Waals surface area (Å²) in [5.74, 6) is -5.85. The highest BCUT2D eigenvalue weighted by atomic mass is 19.2. The van der Waals surface area contributed by atoms with Crippen LogP contribution in [0.3, 0.4) is 0 Å². The van der Waals surface area contributed by atoms with E-state index in [1.807, 2.05) is 0 Å². The van der Waals surface area contributed by atoms with Gasteiger partial charge in [0.1, 0.15) is 5.75 Å². The fourth-order valence-corrected chi connectivity index (χ4v) is 1.86. The number of hydrogen-bond donors (Lipinski definition) is 2. The third kappa shape index (κ3) is 4.03. The fraction of sp³-hybridized carbons (Fsp3) is 0.125. The first-order valence-electron chi connectivity index (χ1n) is 6.78. The van der Waals surface area contributed by atoms with Gasteiger partial charge in [0.2, 0.25) is 5.91 Å². The third-order valence-corrected chi connectivity index (χ3v) is 3.04. The summed E-state index contributed by atoms with van der Waals surface area (Å²) >= 11 is 0. The molecule has 2 amide bonds. The van der Waals surface area contributed by atoms with Gasteiger partial charge < -0.3 is 15.4 Å². The van der Waals surface area contributed by atoms with Gasteiger partial charge in [0.05, 0.1) is 19.2 Å². The molecular weight excluding hydrogens is 325 g/mol. The lowest BCUT2D eigenvalue weighted by Gasteiger charge is -2.09. The molecule has 0 heterocycles. The van der Waals surface area contributed by atoms with Crippen LogP contribution in [0.15, 0.2) is 36.4 Å². The number of carbonyl (C=O) groups is 2. The molecule has 0 fully saturated rings. The minimum atomic E-state index is -1.75. The summed E-state index contributed by atoms with van der Waals surface area (Å²) in [5.41, 5.74) is -0.254. The van der Waals surface area contributed by atoms with Crippen molar-refractivity contribution in [2.75, 3.05) is 19.0 Å². The van der Waals surface area contributed by atoms with Crippen LogP contribution >= 0.6 is 0 Å². The van der Waals surface area contributed by atoms with Crippen LogP contribution in [-0.4, -0.2) is 25.5 Å². The first-order valence-corrected chi connectivity index (χ1v) is 6.78. The van der Waals surface area contributed by atoms with Gasteiger partial charge in [0, 0.05) is 11.8 Å². The number of halogens is 3. The van der Waals surface area contributed by atoms with Crippen molar-refractivity contribution < 1.29 is 27.5 Å². The molecule has 24 heavy (non-hydrogen) atoms. The number of anilines is 1. The van der Waals surface area contributed by atoms with Gasteiger partial charge in [-0.25, -0.2) is 13.2 Å². The Balaban J connectivity index is 1.96. The van der Waals surface area contributed by atoms with Crippen molar-refractivity contribution in [3.63, 3.8) is 0 Å². The van der Waals surface area contributed by atoms with Gasteiger partial charge in [-0.05, 0) is 24.3 Å². The number of methoxy groups -OCH3 is 1. The maximum absolute atomic E-state index is 13.5. The smallest absolute Gasteiger partial charge is 0.254 e. The van der Waals surface area contributed by atoms with E-state index in [0.717, 1.165) is 6.07 Å². The Bertz CT molecular complexity index is 781. The summed E-state index contributed by atoms with van der Waals surface area (Å²) in [4.78, 5) is 23.5. The highest BCUT2D eigenvalue weighted by Gasteiger charge is 2.19. The molecule has 0 saturated carbocycles. The zero-order chi connectivity index (χ0) is 17.7. The van der Waals surface area contributed by atoms with Gasteiger partial charge in [0.15, 0.2) is 17.5 Å². The van der Waals surface area contributed by atoms with Crippen LogP contribution in [-0.2, 0) is 4.79 Å². The van der Waals surface area contributed by atoms with Crippen LogP contribution in [0.1, 0.15) is 10.4 Å². The Labute approximate surface area is 135 Å². The Morgan fingerprint density at radius 1 is 1.08 bits per heavy atom. The molecule has 0 unspecified atom stereocenters. The number of benzene rings is 2. The Kier molecular flexibility index (Phi) is 5.41. The van der Waals surface area contributed by atoms with Crippen LogP contribution in [0.25, 0.3) is 0 Å². The molecule has 5 nitrogen and oxygen atoms in total. The van der Waals surface area contributed by atoms with Crippen LogP contribution in [0.5, 0.6) is 5.75 Å². The molecule has 2 aromatic carbocycles.